The molecule has 1 rings (SSSR count). The van der Waals surface area contributed by atoms with E-state index >= 15 is 0 Å². The maximum Gasteiger partial charge on any atom is 0.226 e. The summed E-state index contributed by atoms with van der Waals surface area (Å²) in [6, 6.07) is 0. The van der Waals surface area contributed by atoms with Gasteiger partial charge in [-0.05, 0) is 6.54 Å². The van der Waals surface area contributed by atoms with E-state index in [9.17, 15) is 0 Å². The van der Waals surface area contributed by atoms with Crippen molar-refractivity contribution in [2.45, 2.75) is 19.8 Å². The Morgan fingerprint density at radius 3 is 2.90 bits per heavy atom. The van der Waals surface area contributed by atoms with Crippen LogP contribution in [0.3, 0.4) is 0 Å². The van der Waals surface area contributed by atoms with Crippen LogP contribution in [0.25, 0.3) is 0 Å². The second-order valence-corrected chi connectivity index (χ2v) is 2.00. The molecule has 0 aliphatic carbocycles. The van der Waals surface area contributed by atoms with Crippen molar-refractivity contribution < 1.29 is 4.52 Å². The van der Waals surface area contributed by atoms with Crippen LogP contribution in [0, 0.1) is 0 Å². The third kappa shape index (κ3) is 1.54. The van der Waals surface area contributed by atoms with Crippen molar-refractivity contribution in [3.8, 4) is 0 Å². The van der Waals surface area contributed by atoms with Gasteiger partial charge < -0.3 is 10.3 Å². The van der Waals surface area contributed by atoms with Gasteiger partial charge in [0.05, 0.1) is 0 Å². The van der Waals surface area contributed by atoms with Gasteiger partial charge in [0.1, 0.15) is 0 Å². The molecule has 0 amide bonds. The van der Waals surface area contributed by atoms with E-state index in [4.69, 9.17) is 10.3 Å². The summed E-state index contributed by atoms with van der Waals surface area (Å²) in [6.07, 6.45) is 1.49. The van der Waals surface area contributed by atoms with Gasteiger partial charge in [-0.3, -0.25) is 0 Å². The average Bonchev–Trinajstić information content (AvgIpc) is 2.37. The summed E-state index contributed by atoms with van der Waals surface area (Å²) in [4.78, 5) is 4.06. The van der Waals surface area contributed by atoms with Gasteiger partial charge in [-0.15, -0.1) is 0 Å². The third-order valence-electron chi connectivity index (χ3n) is 1.18. The molecule has 56 valence electrons. The molecule has 0 aromatic carbocycles. The standard InChI is InChI=1S/C6H11N3O/c1-2-6-8-5(3-4-7)9-10-6/h2-4,7H2,1H3. The fourth-order valence-corrected chi connectivity index (χ4v) is 0.664. The first kappa shape index (κ1) is 7.21. The molecule has 0 spiro atoms. The highest BCUT2D eigenvalue weighted by Crippen LogP contribution is 1.96. The number of hydrogen-bond acceptors (Lipinski definition) is 4. The molecule has 0 saturated carbocycles. The quantitative estimate of drug-likeness (QED) is 0.650. The van der Waals surface area contributed by atoms with Crippen LogP contribution >= 0.6 is 0 Å². The number of nitrogens with zero attached hydrogens (tertiary/aromatic N) is 2. The number of nitrogens with two attached hydrogens (primary N) is 1. The summed E-state index contributed by atoms with van der Waals surface area (Å²) in [5.74, 6) is 1.39. The Balaban J connectivity index is 2.59. The molecule has 0 aliphatic rings. The smallest absolute Gasteiger partial charge is 0.226 e. The molecule has 0 unspecified atom stereocenters. The Morgan fingerprint density at radius 2 is 2.40 bits per heavy atom. The molecule has 1 heterocycles. The molecule has 10 heavy (non-hydrogen) atoms. The van der Waals surface area contributed by atoms with Gasteiger partial charge in [0.15, 0.2) is 5.82 Å². The number of aromatic nitrogens is 2. The highest BCUT2D eigenvalue weighted by molar-refractivity contribution is 4.85. The minimum absolute atomic E-state index is 0.572. The molecule has 1 aromatic rings. The summed E-state index contributed by atoms with van der Waals surface area (Å²) in [6.45, 7) is 2.54. The molecule has 0 fully saturated rings. The molecule has 2 N–H and O–H groups in total. The summed E-state index contributed by atoms with van der Waals surface area (Å²) in [7, 11) is 0. The minimum Gasteiger partial charge on any atom is -0.339 e. The first-order valence-electron chi connectivity index (χ1n) is 3.38. The average molecular weight is 141 g/mol. The van der Waals surface area contributed by atoms with Crippen LogP contribution in [-0.4, -0.2) is 16.7 Å². The van der Waals surface area contributed by atoms with Crippen molar-refractivity contribution >= 4 is 0 Å². The lowest BCUT2D eigenvalue weighted by atomic mass is 10.4. The van der Waals surface area contributed by atoms with Gasteiger partial charge >= 0.3 is 0 Å². The van der Waals surface area contributed by atoms with Crippen LogP contribution in [0.2, 0.25) is 0 Å². The molecular formula is C6H11N3O. The lowest BCUT2D eigenvalue weighted by Crippen LogP contribution is -2.03. The van der Waals surface area contributed by atoms with Gasteiger partial charge in [-0.1, -0.05) is 12.1 Å². The van der Waals surface area contributed by atoms with Crippen LogP contribution in [0.15, 0.2) is 4.52 Å². The van der Waals surface area contributed by atoms with Crippen molar-refractivity contribution in [1.29, 1.82) is 0 Å². The van der Waals surface area contributed by atoms with E-state index in [0.29, 0.717) is 24.7 Å². The monoisotopic (exact) mass is 141 g/mol. The molecule has 4 nitrogen and oxygen atoms in total. The fourth-order valence-electron chi connectivity index (χ4n) is 0.664. The molecule has 0 aliphatic heterocycles. The summed E-state index contributed by atoms with van der Waals surface area (Å²) in [5.41, 5.74) is 5.29. The molecule has 0 saturated heterocycles. The van der Waals surface area contributed by atoms with Crippen molar-refractivity contribution in [3.63, 3.8) is 0 Å². The van der Waals surface area contributed by atoms with Gasteiger partial charge in [0.25, 0.3) is 0 Å². The minimum atomic E-state index is 0.572. The van der Waals surface area contributed by atoms with Gasteiger partial charge in [0.2, 0.25) is 5.89 Å². The summed E-state index contributed by atoms with van der Waals surface area (Å²) >= 11 is 0. The largest absolute Gasteiger partial charge is 0.339 e. The topological polar surface area (TPSA) is 64.9 Å². The summed E-state index contributed by atoms with van der Waals surface area (Å²) in [5, 5.41) is 3.71. The predicted octanol–water partition coefficient (Wildman–Crippen LogP) is 0.133. The van der Waals surface area contributed by atoms with Gasteiger partial charge in [0, 0.05) is 12.8 Å². The maximum absolute atomic E-state index is 5.29. The number of rotatable bonds is 3. The molecule has 1 aromatic heterocycles. The number of hydrogen-bond donors (Lipinski definition) is 1. The predicted molar refractivity (Wildman–Crippen MR) is 36.4 cm³/mol. The van der Waals surface area contributed by atoms with Crippen LogP contribution in [-0.2, 0) is 12.8 Å². The van der Waals surface area contributed by atoms with E-state index in [1.807, 2.05) is 6.92 Å². The van der Waals surface area contributed by atoms with Crippen molar-refractivity contribution in [1.82, 2.24) is 10.1 Å². The van der Waals surface area contributed by atoms with E-state index in [0.717, 1.165) is 6.42 Å². The zero-order valence-electron chi connectivity index (χ0n) is 6.00. The van der Waals surface area contributed by atoms with E-state index in [-0.39, 0.29) is 0 Å². The Morgan fingerprint density at radius 1 is 1.60 bits per heavy atom. The van der Waals surface area contributed by atoms with E-state index in [2.05, 4.69) is 10.1 Å². The normalized spacial score (nSPS) is 10.2. The van der Waals surface area contributed by atoms with E-state index in [1.54, 1.807) is 0 Å². The zero-order valence-corrected chi connectivity index (χ0v) is 6.00. The van der Waals surface area contributed by atoms with Crippen LogP contribution in [0.5, 0.6) is 0 Å². The first-order valence-corrected chi connectivity index (χ1v) is 3.38. The van der Waals surface area contributed by atoms with Crippen LogP contribution in [0.4, 0.5) is 0 Å². The maximum atomic E-state index is 5.29. The SMILES string of the molecule is CCc1nc(CCN)no1. The molecule has 0 radical (unpaired) electrons. The van der Waals surface area contributed by atoms with Crippen molar-refractivity contribution in [2.24, 2.45) is 5.73 Å². The third-order valence-corrected chi connectivity index (χ3v) is 1.18. The van der Waals surface area contributed by atoms with E-state index < -0.39 is 0 Å². The Kier molecular flexibility index (Phi) is 2.39. The molecular weight excluding hydrogens is 130 g/mol. The fraction of sp³-hybridized carbons (Fsp3) is 0.667. The van der Waals surface area contributed by atoms with E-state index in [1.165, 1.54) is 0 Å². The molecule has 4 heteroatoms. The van der Waals surface area contributed by atoms with Crippen molar-refractivity contribution in [2.75, 3.05) is 6.54 Å². The van der Waals surface area contributed by atoms with Gasteiger partial charge in [-0.2, -0.15) is 4.98 Å². The lowest BCUT2D eigenvalue weighted by Gasteiger charge is -1.82. The summed E-state index contributed by atoms with van der Waals surface area (Å²) < 4.78 is 4.85. The zero-order chi connectivity index (χ0) is 7.40. The van der Waals surface area contributed by atoms with Crippen LogP contribution in [0.1, 0.15) is 18.6 Å². The molecule has 0 bridgehead atoms. The number of aryl methyl sites for hydroxylation is 1. The first-order chi connectivity index (χ1) is 4.86. The van der Waals surface area contributed by atoms with Crippen molar-refractivity contribution in [3.05, 3.63) is 11.7 Å². The Hall–Kier alpha value is -0.900. The highest BCUT2D eigenvalue weighted by Gasteiger charge is 2.01. The lowest BCUT2D eigenvalue weighted by molar-refractivity contribution is 0.376. The Bertz CT molecular complexity index is 197. The Labute approximate surface area is 59.4 Å². The second-order valence-electron chi connectivity index (χ2n) is 2.00. The molecule has 0 atom stereocenters. The van der Waals surface area contributed by atoms with Gasteiger partial charge in [-0.25, -0.2) is 0 Å². The second kappa shape index (κ2) is 3.31. The van der Waals surface area contributed by atoms with Crippen LogP contribution < -0.4 is 5.73 Å². The highest BCUT2D eigenvalue weighted by atomic mass is 16.5.